The van der Waals surface area contributed by atoms with Gasteiger partial charge in [0.15, 0.2) is 6.61 Å². The number of phenols is 1. The van der Waals surface area contributed by atoms with Gasteiger partial charge in [-0.2, -0.15) is 5.26 Å². The smallest absolute Gasteiger partial charge is 0.341 e. The molecule has 2 aromatic carbocycles. The van der Waals surface area contributed by atoms with E-state index >= 15 is 0 Å². The summed E-state index contributed by atoms with van der Waals surface area (Å²) in [4.78, 5) is 22.7. The Morgan fingerprint density at radius 3 is 2.50 bits per heavy atom. The van der Waals surface area contributed by atoms with Gasteiger partial charge in [0, 0.05) is 5.69 Å². The van der Waals surface area contributed by atoms with Gasteiger partial charge in [-0.1, -0.05) is 6.07 Å². The fourth-order valence-corrected chi connectivity index (χ4v) is 2.43. The van der Waals surface area contributed by atoms with Crippen LogP contribution in [0.15, 0.2) is 52.5 Å². The number of nitrogens with one attached hydrogen (secondary N) is 1. The summed E-state index contributed by atoms with van der Waals surface area (Å²) in [6.07, 6.45) is 1.39. The molecule has 0 bridgehead atoms. The predicted octanol–water partition coefficient (Wildman–Crippen LogP) is 3.16. The number of carboxylic acid groups (broad SMARTS) is 1. The Balaban J connectivity index is 2.15. The lowest BCUT2D eigenvalue weighted by atomic mass is 10.1. The van der Waals surface area contributed by atoms with Crippen molar-refractivity contribution in [3.8, 4) is 17.6 Å². The van der Waals surface area contributed by atoms with Crippen LogP contribution in [0.3, 0.4) is 0 Å². The van der Waals surface area contributed by atoms with Crippen LogP contribution in [0.1, 0.15) is 5.56 Å². The van der Waals surface area contributed by atoms with Gasteiger partial charge in [0.05, 0.1) is 4.47 Å². The minimum Gasteiger partial charge on any atom is -0.508 e. The lowest BCUT2D eigenvalue weighted by Crippen LogP contribution is -2.13. The second-order valence-corrected chi connectivity index (χ2v) is 5.90. The number of aromatic hydroxyl groups is 1. The maximum atomic E-state index is 12.2. The molecule has 0 radical (unpaired) electrons. The van der Waals surface area contributed by atoms with E-state index in [1.165, 1.54) is 36.4 Å². The summed E-state index contributed by atoms with van der Waals surface area (Å²) in [7, 11) is 0. The number of anilines is 1. The fourth-order valence-electron chi connectivity index (χ4n) is 1.92. The van der Waals surface area contributed by atoms with Crippen molar-refractivity contribution in [2.45, 2.75) is 0 Å². The number of carboxylic acids is 1. The Labute approximate surface area is 157 Å². The van der Waals surface area contributed by atoms with Crippen LogP contribution in [0.4, 0.5) is 5.69 Å². The third-order valence-electron chi connectivity index (χ3n) is 3.11. The number of ether oxygens (including phenoxy) is 1. The number of amides is 1. The zero-order valence-electron chi connectivity index (χ0n) is 13.3. The number of hydrogen-bond donors (Lipinski definition) is 3. The fraction of sp³-hybridized carbons (Fsp3) is 0.0556. The molecule has 0 heterocycles. The summed E-state index contributed by atoms with van der Waals surface area (Å²) >= 11 is 3.25. The molecule has 0 unspecified atom stereocenters. The first-order valence-electron chi connectivity index (χ1n) is 7.25. The molecule has 0 atom stereocenters. The number of halogens is 1. The number of rotatable bonds is 6. The molecule has 3 N–H and O–H groups in total. The van der Waals surface area contributed by atoms with Crippen molar-refractivity contribution in [3.63, 3.8) is 0 Å². The van der Waals surface area contributed by atoms with Gasteiger partial charge in [0.1, 0.15) is 23.1 Å². The summed E-state index contributed by atoms with van der Waals surface area (Å²) in [5, 5.41) is 29.6. The van der Waals surface area contributed by atoms with E-state index < -0.39 is 18.5 Å². The second kappa shape index (κ2) is 8.69. The molecule has 0 aliphatic rings. The summed E-state index contributed by atoms with van der Waals surface area (Å²) in [6.45, 7) is -0.480. The van der Waals surface area contributed by atoms with Gasteiger partial charge in [-0.15, -0.1) is 0 Å². The molecule has 8 heteroatoms. The topological polar surface area (TPSA) is 120 Å². The lowest BCUT2D eigenvalue weighted by molar-refractivity contribution is -0.139. The minimum absolute atomic E-state index is 0.0640. The van der Waals surface area contributed by atoms with Gasteiger partial charge in [-0.05, 0) is 64.0 Å². The Hall–Kier alpha value is -3.31. The van der Waals surface area contributed by atoms with Crippen LogP contribution >= 0.6 is 15.9 Å². The maximum absolute atomic E-state index is 12.2. The molecular formula is C18H13BrN2O5. The van der Waals surface area contributed by atoms with Gasteiger partial charge in [-0.3, -0.25) is 4.79 Å². The molecule has 0 saturated carbocycles. The van der Waals surface area contributed by atoms with E-state index in [0.717, 1.165) is 0 Å². The van der Waals surface area contributed by atoms with Crippen molar-refractivity contribution in [2.24, 2.45) is 0 Å². The third kappa shape index (κ3) is 5.36. The maximum Gasteiger partial charge on any atom is 0.341 e. The van der Waals surface area contributed by atoms with Crippen LogP contribution in [0.25, 0.3) is 6.08 Å². The quantitative estimate of drug-likeness (QED) is 0.377. The Kier molecular flexibility index (Phi) is 6.36. The Morgan fingerprint density at radius 1 is 1.23 bits per heavy atom. The van der Waals surface area contributed by atoms with Gasteiger partial charge in [0.25, 0.3) is 5.91 Å². The minimum atomic E-state index is -1.10. The number of benzene rings is 2. The SMILES string of the molecule is N#CC(=Cc1ccc(OCC(=O)O)c(Br)c1)C(=O)Nc1ccc(O)cc1. The van der Waals surface area contributed by atoms with E-state index in [2.05, 4.69) is 21.2 Å². The van der Waals surface area contributed by atoms with Gasteiger partial charge in [-0.25, -0.2) is 4.79 Å². The summed E-state index contributed by atoms with van der Waals surface area (Å²) < 4.78 is 5.58. The zero-order chi connectivity index (χ0) is 19.1. The van der Waals surface area contributed by atoms with Gasteiger partial charge in [0.2, 0.25) is 0 Å². The molecule has 0 aliphatic carbocycles. The summed E-state index contributed by atoms with van der Waals surface area (Å²) in [5.41, 5.74) is 0.869. The van der Waals surface area contributed by atoms with Crippen molar-refractivity contribution in [1.82, 2.24) is 0 Å². The monoisotopic (exact) mass is 416 g/mol. The van der Waals surface area contributed by atoms with E-state index in [4.69, 9.17) is 9.84 Å². The normalized spacial score (nSPS) is 10.7. The molecule has 0 aliphatic heterocycles. The van der Waals surface area contributed by atoms with Crippen molar-refractivity contribution >= 4 is 39.6 Å². The number of nitriles is 1. The molecule has 0 aromatic heterocycles. The van der Waals surface area contributed by atoms with Crippen molar-refractivity contribution in [2.75, 3.05) is 11.9 Å². The Morgan fingerprint density at radius 2 is 1.92 bits per heavy atom. The third-order valence-corrected chi connectivity index (χ3v) is 3.73. The lowest BCUT2D eigenvalue weighted by Gasteiger charge is -2.07. The van der Waals surface area contributed by atoms with E-state index in [0.29, 0.717) is 21.5 Å². The molecule has 1 amide bonds. The number of hydrogen-bond acceptors (Lipinski definition) is 5. The van der Waals surface area contributed by atoms with Crippen LogP contribution in [0, 0.1) is 11.3 Å². The number of aliphatic carboxylic acids is 1. The molecular weight excluding hydrogens is 404 g/mol. The number of phenolic OH excluding ortho intramolecular Hbond substituents is 1. The molecule has 0 saturated heterocycles. The Bertz CT molecular complexity index is 901. The van der Waals surface area contributed by atoms with E-state index in [1.807, 2.05) is 6.07 Å². The predicted molar refractivity (Wildman–Crippen MR) is 97.6 cm³/mol. The van der Waals surface area contributed by atoms with Crippen LogP contribution in [0.2, 0.25) is 0 Å². The molecule has 0 fully saturated rings. The largest absolute Gasteiger partial charge is 0.508 e. The first kappa shape index (κ1) is 19.0. The zero-order valence-corrected chi connectivity index (χ0v) is 14.9. The van der Waals surface area contributed by atoms with E-state index in [1.54, 1.807) is 12.1 Å². The van der Waals surface area contributed by atoms with Crippen molar-refractivity contribution in [3.05, 3.63) is 58.1 Å². The average Bonchev–Trinajstić information content (AvgIpc) is 2.60. The highest BCUT2D eigenvalue weighted by molar-refractivity contribution is 9.10. The highest BCUT2D eigenvalue weighted by Crippen LogP contribution is 2.27. The molecule has 132 valence electrons. The molecule has 0 spiro atoms. The van der Waals surface area contributed by atoms with Crippen LogP contribution in [-0.2, 0) is 9.59 Å². The first-order chi connectivity index (χ1) is 12.4. The van der Waals surface area contributed by atoms with E-state index in [9.17, 15) is 20.0 Å². The summed E-state index contributed by atoms with van der Waals surface area (Å²) in [6, 6.07) is 12.4. The highest BCUT2D eigenvalue weighted by Gasteiger charge is 2.11. The summed E-state index contributed by atoms with van der Waals surface area (Å²) in [5.74, 6) is -1.30. The van der Waals surface area contributed by atoms with Crippen LogP contribution in [-0.4, -0.2) is 28.7 Å². The molecule has 26 heavy (non-hydrogen) atoms. The molecule has 2 aromatic rings. The molecule has 2 rings (SSSR count). The van der Waals surface area contributed by atoms with Gasteiger partial charge < -0.3 is 20.3 Å². The highest BCUT2D eigenvalue weighted by atomic mass is 79.9. The first-order valence-corrected chi connectivity index (χ1v) is 8.04. The average molecular weight is 417 g/mol. The van der Waals surface area contributed by atoms with E-state index in [-0.39, 0.29) is 11.3 Å². The number of carbonyl (C=O) groups excluding carboxylic acids is 1. The van der Waals surface area contributed by atoms with Crippen LogP contribution < -0.4 is 10.1 Å². The van der Waals surface area contributed by atoms with Crippen molar-refractivity contribution in [1.29, 1.82) is 5.26 Å². The number of carbonyl (C=O) groups is 2. The van der Waals surface area contributed by atoms with Crippen LogP contribution in [0.5, 0.6) is 11.5 Å². The standard InChI is InChI=1S/C18H13BrN2O5/c19-15-8-11(1-6-16(15)26-10-17(23)24)7-12(9-20)18(25)21-13-2-4-14(22)5-3-13/h1-8,22H,10H2,(H,21,25)(H,23,24). The second-order valence-electron chi connectivity index (χ2n) is 5.04. The van der Waals surface area contributed by atoms with Gasteiger partial charge >= 0.3 is 5.97 Å². The van der Waals surface area contributed by atoms with Crippen molar-refractivity contribution < 1.29 is 24.5 Å². The molecule has 7 nitrogen and oxygen atoms in total. The number of nitrogens with zero attached hydrogens (tertiary/aromatic N) is 1.